The van der Waals surface area contributed by atoms with E-state index in [4.69, 9.17) is 0 Å². The van der Waals surface area contributed by atoms with Gasteiger partial charge in [-0.2, -0.15) is 0 Å². The Kier molecular flexibility index (Phi) is 6.17. The van der Waals surface area contributed by atoms with E-state index in [0.29, 0.717) is 0 Å². The van der Waals surface area contributed by atoms with Crippen molar-refractivity contribution < 1.29 is 0 Å². The molecule has 0 saturated heterocycles. The molecule has 0 aromatic heterocycles. The van der Waals surface area contributed by atoms with Gasteiger partial charge in [0.25, 0.3) is 0 Å². The van der Waals surface area contributed by atoms with Gasteiger partial charge in [0.15, 0.2) is 0 Å². The van der Waals surface area contributed by atoms with Crippen LogP contribution >= 0.6 is 0 Å². The smallest absolute Gasteiger partial charge is 0.0233 e. The molecule has 1 aromatic carbocycles. The summed E-state index contributed by atoms with van der Waals surface area (Å²) in [5.41, 5.74) is 2.91. The lowest BCUT2D eigenvalue weighted by Gasteiger charge is -2.21. The Hall–Kier alpha value is -0.820. The monoisotopic (exact) mass is 219 g/mol. The van der Waals surface area contributed by atoms with Crippen LogP contribution in [0.3, 0.4) is 0 Å². The van der Waals surface area contributed by atoms with Crippen molar-refractivity contribution in [2.75, 3.05) is 13.1 Å². The lowest BCUT2D eigenvalue weighted by atomic mass is 10.1. The van der Waals surface area contributed by atoms with Crippen LogP contribution in [0.25, 0.3) is 0 Å². The number of hydrogen-bond donors (Lipinski definition) is 0. The van der Waals surface area contributed by atoms with Crippen LogP contribution in [0.1, 0.15) is 44.7 Å². The van der Waals surface area contributed by atoms with Crippen molar-refractivity contribution in [2.45, 2.75) is 46.6 Å². The summed E-state index contributed by atoms with van der Waals surface area (Å²) < 4.78 is 0. The predicted molar refractivity (Wildman–Crippen MR) is 71.7 cm³/mol. The Balaban J connectivity index is 2.60. The van der Waals surface area contributed by atoms with Crippen LogP contribution in [0.15, 0.2) is 24.3 Å². The summed E-state index contributed by atoms with van der Waals surface area (Å²) in [7, 11) is 0. The summed E-state index contributed by atoms with van der Waals surface area (Å²) >= 11 is 0. The first kappa shape index (κ1) is 13.2. The Morgan fingerprint density at radius 3 is 2.12 bits per heavy atom. The molecular formula is C15H25N. The number of nitrogens with zero attached hydrogens (tertiary/aromatic N) is 1. The first-order valence-corrected chi connectivity index (χ1v) is 6.60. The molecule has 0 aliphatic rings. The average Bonchev–Trinajstić information content (AvgIpc) is 2.30. The molecule has 1 rings (SSSR count). The van der Waals surface area contributed by atoms with E-state index in [1.807, 2.05) is 0 Å². The molecule has 0 aliphatic carbocycles. The maximum Gasteiger partial charge on any atom is 0.0233 e. The molecule has 1 heteroatoms. The molecule has 1 nitrogen and oxygen atoms in total. The summed E-state index contributed by atoms with van der Waals surface area (Å²) in [6.45, 7) is 10.3. The van der Waals surface area contributed by atoms with Gasteiger partial charge in [0.2, 0.25) is 0 Å². The molecule has 0 radical (unpaired) electrons. The van der Waals surface area contributed by atoms with E-state index in [1.165, 1.54) is 37.1 Å². The van der Waals surface area contributed by atoms with Crippen LogP contribution in [0.4, 0.5) is 0 Å². The zero-order chi connectivity index (χ0) is 11.8. The van der Waals surface area contributed by atoms with E-state index in [9.17, 15) is 0 Å². The first-order valence-electron chi connectivity index (χ1n) is 6.60. The second-order valence-electron chi connectivity index (χ2n) is 4.45. The molecule has 0 heterocycles. The molecule has 0 N–H and O–H groups in total. The molecule has 0 amide bonds. The molecule has 0 atom stereocenters. The van der Waals surface area contributed by atoms with Crippen molar-refractivity contribution in [3.05, 3.63) is 35.4 Å². The summed E-state index contributed by atoms with van der Waals surface area (Å²) in [6.07, 6.45) is 3.62. The van der Waals surface area contributed by atoms with Crippen molar-refractivity contribution >= 4 is 0 Å². The SMILES string of the molecule is CCCN(CCC)Cc1cccc(CC)c1. The Labute approximate surface area is 100 Å². The molecule has 0 bridgehead atoms. The number of benzene rings is 1. The number of rotatable bonds is 7. The van der Waals surface area contributed by atoms with Crippen LogP contribution < -0.4 is 0 Å². The van der Waals surface area contributed by atoms with Gasteiger partial charge in [-0.15, -0.1) is 0 Å². The minimum Gasteiger partial charge on any atom is -0.299 e. The van der Waals surface area contributed by atoms with E-state index < -0.39 is 0 Å². The Morgan fingerprint density at radius 1 is 0.938 bits per heavy atom. The molecule has 0 saturated carbocycles. The van der Waals surface area contributed by atoms with E-state index in [0.717, 1.165) is 13.0 Å². The molecule has 90 valence electrons. The van der Waals surface area contributed by atoms with Crippen molar-refractivity contribution in [1.29, 1.82) is 0 Å². The molecule has 16 heavy (non-hydrogen) atoms. The van der Waals surface area contributed by atoms with Crippen LogP contribution in [0.5, 0.6) is 0 Å². The first-order chi connectivity index (χ1) is 7.80. The lowest BCUT2D eigenvalue weighted by molar-refractivity contribution is 0.266. The van der Waals surface area contributed by atoms with Gasteiger partial charge in [-0.3, -0.25) is 4.90 Å². The summed E-state index contributed by atoms with van der Waals surface area (Å²) in [5.74, 6) is 0. The van der Waals surface area contributed by atoms with Crippen LogP contribution in [0, 0.1) is 0 Å². The van der Waals surface area contributed by atoms with Gasteiger partial charge in [-0.1, -0.05) is 45.0 Å². The summed E-state index contributed by atoms with van der Waals surface area (Å²) in [6, 6.07) is 8.99. The minimum absolute atomic E-state index is 1.11. The maximum absolute atomic E-state index is 2.55. The van der Waals surface area contributed by atoms with Gasteiger partial charge in [-0.05, 0) is 43.5 Å². The van der Waals surface area contributed by atoms with Gasteiger partial charge in [0.05, 0.1) is 0 Å². The van der Waals surface area contributed by atoms with Gasteiger partial charge in [-0.25, -0.2) is 0 Å². The quantitative estimate of drug-likeness (QED) is 0.673. The summed E-state index contributed by atoms with van der Waals surface area (Å²) in [4.78, 5) is 2.55. The van der Waals surface area contributed by atoms with E-state index in [-0.39, 0.29) is 0 Å². The fourth-order valence-electron chi connectivity index (χ4n) is 2.11. The van der Waals surface area contributed by atoms with Crippen LogP contribution in [-0.2, 0) is 13.0 Å². The Bertz CT molecular complexity index is 287. The van der Waals surface area contributed by atoms with Crippen molar-refractivity contribution in [3.63, 3.8) is 0 Å². The number of hydrogen-bond acceptors (Lipinski definition) is 1. The fraction of sp³-hybridized carbons (Fsp3) is 0.600. The third-order valence-electron chi connectivity index (χ3n) is 2.89. The highest BCUT2D eigenvalue weighted by Crippen LogP contribution is 2.09. The van der Waals surface area contributed by atoms with Gasteiger partial charge in [0, 0.05) is 6.54 Å². The Morgan fingerprint density at radius 2 is 1.56 bits per heavy atom. The summed E-state index contributed by atoms with van der Waals surface area (Å²) in [5, 5.41) is 0. The van der Waals surface area contributed by atoms with E-state index in [2.05, 4.69) is 49.9 Å². The predicted octanol–water partition coefficient (Wildman–Crippen LogP) is 3.87. The van der Waals surface area contributed by atoms with Crippen molar-refractivity contribution in [3.8, 4) is 0 Å². The van der Waals surface area contributed by atoms with Gasteiger partial charge < -0.3 is 0 Å². The fourth-order valence-corrected chi connectivity index (χ4v) is 2.11. The lowest BCUT2D eigenvalue weighted by Crippen LogP contribution is -2.24. The average molecular weight is 219 g/mol. The van der Waals surface area contributed by atoms with E-state index >= 15 is 0 Å². The highest BCUT2D eigenvalue weighted by atomic mass is 15.1. The zero-order valence-corrected chi connectivity index (χ0v) is 11.0. The van der Waals surface area contributed by atoms with Gasteiger partial charge in [0.1, 0.15) is 0 Å². The van der Waals surface area contributed by atoms with Gasteiger partial charge >= 0.3 is 0 Å². The third kappa shape index (κ3) is 4.36. The third-order valence-corrected chi connectivity index (χ3v) is 2.89. The second-order valence-corrected chi connectivity index (χ2v) is 4.45. The second kappa shape index (κ2) is 7.45. The van der Waals surface area contributed by atoms with Crippen molar-refractivity contribution in [2.24, 2.45) is 0 Å². The van der Waals surface area contributed by atoms with E-state index in [1.54, 1.807) is 0 Å². The molecule has 0 fully saturated rings. The van der Waals surface area contributed by atoms with Crippen molar-refractivity contribution in [1.82, 2.24) is 4.90 Å². The topological polar surface area (TPSA) is 3.24 Å². The highest BCUT2D eigenvalue weighted by Gasteiger charge is 2.03. The highest BCUT2D eigenvalue weighted by molar-refractivity contribution is 5.23. The van der Waals surface area contributed by atoms with Crippen LogP contribution in [0.2, 0.25) is 0 Å². The molecule has 0 aliphatic heterocycles. The molecule has 0 unspecified atom stereocenters. The minimum atomic E-state index is 1.11. The largest absolute Gasteiger partial charge is 0.299 e. The standard InChI is InChI=1S/C15H25N/c1-4-10-16(11-5-2)13-15-9-7-8-14(6-3)12-15/h7-9,12H,4-6,10-11,13H2,1-3H3. The normalized spacial score (nSPS) is 11.0. The molecule has 0 spiro atoms. The maximum atomic E-state index is 2.55. The molecular weight excluding hydrogens is 194 g/mol. The molecule has 1 aromatic rings. The number of aryl methyl sites for hydroxylation is 1. The van der Waals surface area contributed by atoms with Crippen LogP contribution in [-0.4, -0.2) is 18.0 Å². The zero-order valence-electron chi connectivity index (χ0n) is 11.0.